The Morgan fingerprint density at radius 1 is 1.29 bits per heavy atom. The maximum absolute atomic E-state index is 12.0. The van der Waals surface area contributed by atoms with Gasteiger partial charge in [-0.15, -0.1) is 0 Å². The fraction of sp³-hybridized carbons (Fsp3) is 0.400. The first-order chi connectivity index (χ1) is 11.3. The second-order valence-electron chi connectivity index (χ2n) is 4.83. The number of nitrogens with one attached hydrogen (secondary N) is 1. The molecule has 1 aromatic rings. The van der Waals surface area contributed by atoms with Crippen molar-refractivity contribution >= 4 is 30.5 Å². The minimum Gasteiger partial charge on any atom is -0.504 e. The van der Waals surface area contributed by atoms with Gasteiger partial charge < -0.3 is 25.0 Å². The molecule has 0 saturated heterocycles. The largest absolute Gasteiger partial charge is 0.504 e. The van der Waals surface area contributed by atoms with Gasteiger partial charge in [-0.2, -0.15) is 12.6 Å². The number of hydrogen-bond acceptors (Lipinski definition) is 8. The van der Waals surface area contributed by atoms with E-state index in [0.29, 0.717) is 6.42 Å². The summed E-state index contributed by atoms with van der Waals surface area (Å²) >= 11 is 3.93. The minimum absolute atomic E-state index is 0.0383. The molecule has 1 amide bonds. The molecule has 1 rings (SSSR count). The zero-order valence-corrected chi connectivity index (χ0v) is 14.1. The quantitative estimate of drug-likeness (QED) is 0.248. The highest BCUT2D eigenvalue weighted by Crippen LogP contribution is 2.37. The second-order valence-corrected chi connectivity index (χ2v) is 5.20. The van der Waals surface area contributed by atoms with Crippen molar-refractivity contribution in [2.45, 2.75) is 26.3 Å². The Kier molecular flexibility index (Phi) is 7.37. The molecule has 9 heteroatoms. The maximum atomic E-state index is 12.0. The number of amides is 1. The van der Waals surface area contributed by atoms with Crippen molar-refractivity contribution < 1.29 is 34.1 Å². The lowest BCUT2D eigenvalue weighted by Gasteiger charge is -2.15. The Bertz CT molecular complexity index is 632. The topological polar surface area (TPSA) is 122 Å². The average molecular weight is 357 g/mol. The van der Waals surface area contributed by atoms with E-state index in [-0.39, 0.29) is 17.9 Å². The van der Waals surface area contributed by atoms with Crippen LogP contribution in [0.3, 0.4) is 0 Å². The lowest BCUT2D eigenvalue weighted by atomic mass is 10.2. The van der Waals surface area contributed by atoms with Gasteiger partial charge in [0.15, 0.2) is 11.5 Å². The van der Waals surface area contributed by atoms with E-state index in [4.69, 9.17) is 9.47 Å². The fourth-order valence-electron chi connectivity index (χ4n) is 1.67. The highest BCUT2D eigenvalue weighted by Gasteiger charge is 2.23. The van der Waals surface area contributed by atoms with E-state index in [0.717, 1.165) is 12.1 Å². The molecule has 0 heterocycles. The minimum atomic E-state index is -1.05. The SMILES string of the molecule is CCCOC(=O)c1cc(O)c(O)c(OC(=O)[C@H](CS)NC(C)=O)c1. The lowest BCUT2D eigenvalue weighted by Crippen LogP contribution is -2.43. The fourth-order valence-corrected chi connectivity index (χ4v) is 1.91. The van der Waals surface area contributed by atoms with Crippen LogP contribution in [-0.4, -0.2) is 46.5 Å². The van der Waals surface area contributed by atoms with Crippen LogP contribution in [0.2, 0.25) is 0 Å². The second kappa shape index (κ2) is 9.02. The van der Waals surface area contributed by atoms with E-state index in [9.17, 15) is 24.6 Å². The molecular weight excluding hydrogens is 338 g/mol. The summed E-state index contributed by atoms with van der Waals surface area (Å²) < 4.78 is 9.87. The van der Waals surface area contributed by atoms with Crippen molar-refractivity contribution in [2.75, 3.05) is 12.4 Å². The lowest BCUT2D eigenvalue weighted by molar-refractivity contribution is -0.138. The number of thiol groups is 1. The highest BCUT2D eigenvalue weighted by molar-refractivity contribution is 7.80. The van der Waals surface area contributed by atoms with Crippen LogP contribution in [0.1, 0.15) is 30.6 Å². The van der Waals surface area contributed by atoms with E-state index in [1.54, 1.807) is 0 Å². The Morgan fingerprint density at radius 3 is 2.50 bits per heavy atom. The van der Waals surface area contributed by atoms with Crippen molar-refractivity contribution in [2.24, 2.45) is 0 Å². The molecule has 0 unspecified atom stereocenters. The van der Waals surface area contributed by atoms with Gasteiger partial charge in [0.1, 0.15) is 6.04 Å². The van der Waals surface area contributed by atoms with Crippen LogP contribution in [0.4, 0.5) is 0 Å². The molecule has 3 N–H and O–H groups in total. The normalized spacial score (nSPS) is 11.5. The summed E-state index contributed by atoms with van der Waals surface area (Å²) in [5, 5.41) is 21.8. The molecule has 0 saturated carbocycles. The van der Waals surface area contributed by atoms with Gasteiger partial charge in [0, 0.05) is 12.7 Å². The third kappa shape index (κ3) is 5.34. The van der Waals surface area contributed by atoms with E-state index < -0.39 is 41.1 Å². The van der Waals surface area contributed by atoms with E-state index >= 15 is 0 Å². The number of phenols is 2. The Labute approximate surface area is 144 Å². The Hall–Kier alpha value is -2.42. The highest BCUT2D eigenvalue weighted by atomic mass is 32.1. The van der Waals surface area contributed by atoms with Gasteiger partial charge in [-0.3, -0.25) is 4.79 Å². The van der Waals surface area contributed by atoms with Gasteiger partial charge in [-0.25, -0.2) is 9.59 Å². The van der Waals surface area contributed by atoms with Gasteiger partial charge in [0.2, 0.25) is 11.7 Å². The monoisotopic (exact) mass is 357 g/mol. The van der Waals surface area contributed by atoms with Crippen LogP contribution < -0.4 is 10.1 Å². The predicted molar refractivity (Wildman–Crippen MR) is 87.4 cm³/mol. The van der Waals surface area contributed by atoms with Gasteiger partial charge in [0.25, 0.3) is 0 Å². The first-order valence-corrected chi connectivity index (χ1v) is 7.76. The summed E-state index contributed by atoms with van der Waals surface area (Å²) in [5.74, 6) is -3.94. The number of carbonyl (C=O) groups excluding carboxylic acids is 3. The molecule has 0 radical (unpaired) electrons. The van der Waals surface area contributed by atoms with Crippen molar-refractivity contribution in [3.63, 3.8) is 0 Å². The third-order valence-corrected chi connectivity index (χ3v) is 3.15. The number of ether oxygens (including phenoxy) is 2. The maximum Gasteiger partial charge on any atom is 0.338 e. The zero-order valence-electron chi connectivity index (χ0n) is 13.2. The number of benzene rings is 1. The van der Waals surface area contributed by atoms with Crippen LogP contribution in [0.15, 0.2) is 12.1 Å². The number of phenolic OH excluding ortho intramolecular Hbond substituents is 2. The summed E-state index contributed by atoms with van der Waals surface area (Å²) in [5.41, 5.74) is -0.0940. The van der Waals surface area contributed by atoms with Crippen molar-refractivity contribution in [3.05, 3.63) is 17.7 Å². The molecule has 1 atom stereocenters. The van der Waals surface area contributed by atoms with E-state index in [1.165, 1.54) is 6.92 Å². The summed E-state index contributed by atoms with van der Waals surface area (Å²) in [6.07, 6.45) is 0.609. The molecule has 24 heavy (non-hydrogen) atoms. The van der Waals surface area contributed by atoms with Crippen LogP contribution in [0.5, 0.6) is 17.2 Å². The third-order valence-electron chi connectivity index (χ3n) is 2.78. The smallest absolute Gasteiger partial charge is 0.338 e. The number of esters is 2. The molecule has 0 aliphatic heterocycles. The molecule has 8 nitrogen and oxygen atoms in total. The van der Waals surface area contributed by atoms with Crippen molar-refractivity contribution in [3.8, 4) is 17.2 Å². The molecule has 0 aromatic heterocycles. The zero-order chi connectivity index (χ0) is 18.3. The number of hydrogen-bond donors (Lipinski definition) is 4. The molecule has 0 bridgehead atoms. The molecule has 0 aliphatic carbocycles. The summed E-state index contributed by atoms with van der Waals surface area (Å²) in [7, 11) is 0. The van der Waals surface area contributed by atoms with Gasteiger partial charge in [-0.1, -0.05) is 6.92 Å². The van der Waals surface area contributed by atoms with Crippen LogP contribution in [0, 0.1) is 0 Å². The molecular formula is C15H19NO7S. The number of carbonyl (C=O) groups is 3. The Morgan fingerprint density at radius 2 is 1.96 bits per heavy atom. The van der Waals surface area contributed by atoms with Gasteiger partial charge in [-0.05, 0) is 18.6 Å². The molecule has 1 aromatic carbocycles. The summed E-state index contributed by atoms with van der Waals surface area (Å²) in [6, 6.07) is 1.01. The number of rotatable bonds is 7. The van der Waals surface area contributed by atoms with Crippen LogP contribution in [0.25, 0.3) is 0 Å². The first kappa shape index (κ1) is 19.6. The van der Waals surface area contributed by atoms with Gasteiger partial charge >= 0.3 is 11.9 Å². The molecule has 0 spiro atoms. The number of aromatic hydroxyl groups is 2. The van der Waals surface area contributed by atoms with Crippen molar-refractivity contribution in [1.82, 2.24) is 5.32 Å². The van der Waals surface area contributed by atoms with Crippen LogP contribution in [-0.2, 0) is 14.3 Å². The van der Waals surface area contributed by atoms with E-state index in [1.807, 2.05) is 6.92 Å². The predicted octanol–water partition coefficient (Wildman–Crippen LogP) is 1.00. The van der Waals surface area contributed by atoms with E-state index in [2.05, 4.69) is 17.9 Å². The molecule has 132 valence electrons. The summed E-state index contributed by atoms with van der Waals surface area (Å²) in [6.45, 7) is 3.21. The molecule has 0 fully saturated rings. The van der Waals surface area contributed by atoms with Crippen molar-refractivity contribution in [1.29, 1.82) is 0 Å². The standard InChI is InChI=1S/C15H19NO7S/c1-3-4-22-14(20)9-5-11(18)13(19)12(6-9)23-15(21)10(7-24)16-8(2)17/h5-6,10,18-19,24H,3-4,7H2,1-2H3,(H,16,17)/t10-/m0/s1. The van der Waals surface area contributed by atoms with Crippen LogP contribution >= 0.6 is 12.6 Å². The van der Waals surface area contributed by atoms with Gasteiger partial charge in [0.05, 0.1) is 12.2 Å². The Balaban J connectivity index is 3.01. The molecule has 0 aliphatic rings. The first-order valence-electron chi connectivity index (χ1n) is 7.12. The summed E-state index contributed by atoms with van der Waals surface area (Å²) in [4.78, 5) is 34.8. The average Bonchev–Trinajstić information content (AvgIpc) is 2.53.